The van der Waals surface area contributed by atoms with Crippen LogP contribution in [-0.4, -0.2) is 27.8 Å². The van der Waals surface area contributed by atoms with Gasteiger partial charge in [-0.1, -0.05) is 18.2 Å². The third kappa shape index (κ3) is 2.94. The summed E-state index contributed by atoms with van der Waals surface area (Å²) in [6, 6.07) is 14.0. The van der Waals surface area contributed by atoms with Crippen molar-refractivity contribution in [2.24, 2.45) is 10.2 Å². The van der Waals surface area contributed by atoms with Gasteiger partial charge in [0.15, 0.2) is 0 Å². The number of hydrogen-bond donors (Lipinski definition) is 1. The summed E-state index contributed by atoms with van der Waals surface area (Å²) < 4.78 is 5.68. The predicted molar refractivity (Wildman–Crippen MR) is 89.8 cm³/mol. The molecular formula is C18H12N4O3. The van der Waals surface area contributed by atoms with Crippen LogP contribution < -0.4 is 0 Å². The number of carboxylic acids is 1. The van der Waals surface area contributed by atoms with E-state index in [-0.39, 0.29) is 11.5 Å². The second kappa shape index (κ2) is 6.12. The minimum absolute atomic E-state index is 0.167. The molecule has 0 unspecified atom stereocenters. The number of aromatic nitrogens is 2. The van der Waals surface area contributed by atoms with Gasteiger partial charge in [0, 0.05) is 16.7 Å². The monoisotopic (exact) mass is 332 g/mol. The number of nitrogens with zero attached hydrogens (tertiary/aromatic N) is 4. The number of benzene rings is 2. The first kappa shape index (κ1) is 14.9. The van der Waals surface area contributed by atoms with Gasteiger partial charge in [-0.2, -0.15) is 10.2 Å². The normalized spacial score (nSPS) is 13.0. The molecule has 0 aliphatic carbocycles. The Morgan fingerprint density at radius 3 is 2.36 bits per heavy atom. The summed E-state index contributed by atoms with van der Waals surface area (Å²) in [5, 5.41) is 25.1. The molecule has 1 aromatic heterocycles. The van der Waals surface area contributed by atoms with Gasteiger partial charge in [-0.05, 0) is 36.4 Å². The van der Waals surface area contributed by atoms with Crippen molar-refractivity contribution in [2.45, 2.75) is 0 Å². The highest BCUT2D eigenvalue weighted by atomic mass is 16.4. The summed E-state index contributed by atoms with van der Waals surface area (Å²) in [6.07, 6.45) is 1.95. The molecule has 3 aromatic rings. The van der Waals surface area contributed by atoms with Gasteiger partial charge < -0.3 is 9.52 Å². The van der Waals surface area contributed by atoms with E-state index in [9.17, 15) is 4.79 Å². The van der Waals surface area contributed by atoms with E-state index < -0.39 is 5.97 Å². The summed E-state index contributed by atoms with van der Waals surface area (Å²) in [7, 11) is 0. The summed E-state index contributed by atoms with van der Waals surface area (Å²) in [4.78, 5) is 11.1. The molecule has 0 radical (unpaired) electrons. The molecule has 0 saturated heterocycles. The lowest BCUT2D eigenvalue weighted by Gasteiger charge is -2.00. The van der Waals surface area contributed by atoms with Crippen LogP contribution in [0.1, 0.15) is 15.9 Å². The van der Waals surface area contributed by atoms with Crippen molar-refractivity contribution in [1.82, 2.24) is 10.2 Å². The Hall–Kier alpha value is -3.61. The minimum Gasteiger partial charge on any atom is -0.478 e. The van der Waals surface area contributed by atoms with Crippen molar-refractivity contribution >= 4 is 11.7 Å². The number of carboxylic acid groups (broad SMARTS) is 1. The maximum absolute atomic E-state index is 11.1. The molecular weight excluding hydrogens is 320 g/mol. The molecule has 0 atom stereocenters. The second-order valence-corrected chi connectivity index (χ2v) is 5.39. The third-order valence-corrected chi connectivity index (χ3v) is 3.75. The lowest BCUT2D eigenvalue weighted by atomic mass is 10.1. The van der Waals surface area contributed by atoms with E-state index >= 15 is 0 Å². The first-order valence-corrected chi connectivity index (χ1v) is 7.56. The largest absolute Gasteiger partial charge is 0.478 e. The van der Waals surface area contributed by atoms with Crippen molar-refractivity contribution in [3.63, 3.8) is 0 Å². The van der Waals surface area contributed by atoms with E-state index in [4.69, 9.17) is 9.52 Å². The number of hydrogen-bond acceptors (Lipinski definition) is 6. The first-order valence-electron chi connectivity index (χ1n) is 7.56. The van der Waals surface area contributed by atoms with Crippen LogP contribution in [0.4, 0.5) is 0 Å². The smallest absolute Gasteiger partial charge is 0.335 e. The van der Waals surface area contributed by atoms with Crippen LogP contribution in [0, 0.1) is 0 Å². The fourth-order valence-electron chi connectivity index (χ4n) is 2.49. The van der Waals surface area contributed by atoms with Crippen LogP contribution in [0.25, 0.3) is 28.6 Å². The fraction of sp³-hybridized carbons (Fsp3) is 0.0556. The fourth-order valence-corrected chi connectivity index (χ4v) is 2.49. The average Bonchev–Trinajstić information content (AvgIpc) is 3.34. The van der Waals surface area contributed by atoms with Crippen molar-refractivity contribution in [3.05, 3.63) is 65.7 Å². The molecule has 0 saturated carbocycles. The van der Waals surface area contributed by atoms with Crippen LogP contribution in [0.3, 0.4) is 0 Å². The Labute approximate surface area is 142 Å². The van der Waals surface area contributed by atoms with Gasteiger partial charge in [0.1, 0.15) is 0 Å². The SMILES string of the molecule is O=C(O)c1cccc(-c2nnc(-c3ccc(C4=CCN=N4)cc3)o2)c1. The Morgan fingerprint density at radius 1 is 0.960 bits per heavy atom. The minimum atomic E-state index is -1.00. The zero-order valence-corrected chi connectivity index (χ0v) is 13.0. The lowest BCUT2D eigenvalue weighted by molar-refractivity contribution is 0.0697. The highest BCUT2D eigenvalue weighted by molar-refractivity contribution is 5.89. The summed E-state index contributed by atoms with van der Waals surface area (Å²) in [5.74, 6) is -0.366. The van der Waals surface area contributed by atoms with Crippen molar-refractivity contribution < 1.29 is 14.3 Å². The van der Waals surface area contributed by atoms with Crippen LogP contribution in [0.15, 0.2) is 69.3 Å². The van der Waals surface area contributed by atoms with Gasteiger partial charge in [0.2, 0.25) is 11.8 Å². The van der Waals surface area contributed by atoms with Gasteiger partial charge in [0.05, 0.1) is 17.8 Å². The number of rotatable bonds is 4. The molecule has 7 nitrogen and oxygen atoms in total. The van der Waals surface area contributed by atoms with Crippen LogP contribution in [0.2, 0.25) is 0 Å². The van der Waals surface area contributed by atoms with E-state index in [0.717, 1.165) is 16.8 Å². The number of aromatic carboxylic acids is 1. The van der Waals surface area contributed by atoms with E-state index in [1.54, 1.807) is 12.1 Å². The van der Waals surface area contributed by atoms with Gasteiger partial charge in [-0.3, -0.25) is 0 Å². The van der Waals surface area contributed by atoms with Crippen molar-refractivity contribution in [2.75, 3.05) is 6.54 Å². The van der Waals surface area contributed by atoms with Gasteiger partial charge in [0.25, 0.3) is 0 Å². The van der Waals surface area contributed by atoms with Crippen molar-refractivity contribution in [1.29, 1.82) is 0 Å². The summed E-state index contributed by atoms with van der Waals surface area (Å²) in [5.41, 5.74) is 3.32. The van der Waals surface area contributed by atoms with E-state index in [1.165, 1.54) is 12.1 Å². The zero-order chi connectivity index (χ0) is 17.2. The molecule has 0 bridgehead atoms. The molecule has 1 N–H and O–H groups in total. The molecule has 25 heavy (non-hydrogen) atoms. The molecule has 0 fully saturated rings. The highest BCUT2D eigenvalue weighted by Gasteiger charge is 2.13. The van der Waals surface area contributed by atoms with Crippen LogP contribution >= 0.6 is 0 Å². The Balaban J connectivity index is 1.62. The molecule has 7 heteroatoms. The Kier molecular flexibility index (Phi) is 3.66. The summed E-state index contributed by atoms with van der Waals surface area (Å²) >= 11 is 0. The molecule has 1 aliphatic rings. The maximum atomic E-state index is 11.1. The van der Waals surface area contributed by atoms with Gasteiger partial charge in [-0.25, -0.2) is 4.79 Å². The highest BCUT2D eigenvalue weighted by Crippen LogP contribution is 2.27. The van der Waals surface area contributed by atoms with Gasteiger partial charge in [-0.15, -0.1) is 10.2 Å². The van der Waals surface area contributed by atoms with Crippen LogP contribution in [-0.2, 0) is 0 Å². The maximum Gasteiger partial charge on any atom is 0.335 e. The summed E-state index contributed by atoms with van der Waals surface area (Å²) in [6.45, 7) is 0.611. The topological polar surface area (TPSA) is 101 Å². The Bertz CT molecular complexity index is 1000. The molecule has 0 spiro atoms. The number of carbonyl (C=O) groups is 1. The van der Waals surface area contributed by atoms with E-state index in [0.29, 0.717) is 18.0 Å². The quantitative estimate of drug-likeness (QED) is 0.780. The molecule has 2 heterocycles. The third-order valence-electron chi connectivity index (χ3n) is 3.75. The molecule has 0 amide bonds. The molecule has 122 valence electrons. The predicted octanol–water partition coefficient (Wildman–Crippen LogP) is 3.91. The van der Waals surface area contributed by atoms with Crippen molar-refractivity contribution in [3.8, 4) is 22.9 Å². The average molecular weight is 332 g/mol. The molecule has 4 rings (SSSR count). The van der Waals surface area contributed by atoms with E-state index in [2.05, 4.69) is 20.4 Å². The lowest BCUT2D eigenvalue weighted by Crippen LogP contribution is -1.95. The van der Waals surface area contributed by atoms with E-state index in [1.807, 2.05) is 30.3 Å². The van der Waals surface area contributed by atoms with Gasteiger partial charge >= 0.3 is 5.97 Å². The Morgan fingerprint density at radius 2 is 1.68 bits per heavy atom. The number of azo groups is 1. The standard InChI is InChI=1S/C18H12N4O3/c23-18(24)14-3-1-2-13(10-14)17-22-21-16(25-17)12-6-4-11(5-7-12)15-8-9-19-20-15/h1-8,10H,9H2,(H,23,24). The zero-order valence-electron chi connectivity index (χ0n) is 13.0. The molecule has 1 aliphatic heterocycles. The second-order valence-electron chi connectivity index (χ2n) is 5.39. The van der Waals surface area contributed by atoms with Crippen LogP contribution in [0.5, 0.6) is 0 Å². The molecule has 2 aromatic carbocycles. The first-order chi connectivity index (χ1) is 12.2.